The number of nitrogens with zero attached hydrogens (tertiary/aromatic N) is 2. The van der Waals surface area contributed by atoms with Gasteiger partial charge in [0.2, 0.25) is 5.91 Å². The molecule has 0 radical (unpaired) electrons. The van der Waals surface area contributed by atoms with Gasteiger partial charge in [0, 0.05) is 24.0 Å². The van der Waals surface area contributed by atoms with E-state index in [0.29, 0.717) is 6.54 Å². The maximum absolute atomic E-state index is 13.7. The van der Waals surface area contributed by atoms with Crippen LogP contribution in [-0.2, 0) is 17.8 Å². The van der Waals surface area contributed by atoms with Gasteiger partial charge in [0.1, 0.15) is 11.6 Å². The first-order valence-corrected chi connectivity index (χ1v) is 6.74. The predicted octanol–water partition coefficient (Wildman–Crippen LogP) is 2.56. The monoisotopic (exact) mass is 313 g/mol. The summed E-state index contributed by atoms with van der Waals surface area (Å²) in [4.78, 5) is 11.8. The number of amides is 1. The first-order chi connectivity index (χ1) is 9.97. The summed E-state index contributed by atoms with van der Waals surface area (Å²) in [6.45, 7) is 2.25. The highest BCUT2D eigenvalue weighted by Crippen LogP contribution is 2.21. The minimum Gasteiger partial charge on any atom is -0.351 e. The average molecular weight is 314 g/mol. The van der Waals surface area contributed by atoms with Crippen molar-refractivity contribution in [1.29, 1.82) is 0 Å². The van der Waals surface area contributed by atoms with Crippen LogP contribution in [0.1, 0.15) is 12.5 Å². The smallest absolute Gasteiger partial charge is 0.224 e. The highest BCUT2D eigenvalue weighted by Gasteiger charge is 2.17. The van der Waals surface area contributed by atoms with E-state index < -0.39 is 24.0 Å². The van der Waals surface area contributed by atoms with Crippen LogP contribution in [0, 0.1) is 11.6 Å². The Balaban J connectivity index is 1.97. The third kappa shape index (κ3) is 4.01. The largest absolute Gasteiger partial charge is 0.351 e. The van der Waals surface area contributed by atoms with Gasteiger partial charge < -0.3 is 5.32 Å². The molecule has 1 unspecified atom stereocenters. The number of halogens is 3. The lowest BCUT2D eigenvalue weighted by Gasteiger charge is -2.14. The van der Waals surface area contributed by atoms with Crippen LogP contribution in [-0.4, -0.2) is 21.7 Å². The standard InChI is InChI=1S/C14H14ClF2N3O/c1-9(8-20-6-2-5-18-20)19-13(21)7-10-12(16)4-3-11(15)14(10)17/h2-6,9H,7-8H2,1H3,(H,19,21). The van der Waals surface area contributed by atoms with Crippen molar-refractivity contribution in [1.82, 2.24) is 15.1 Å². The molecule has 0 bridgehead atoms. The van der Waals surface area contributed by atoms with Crippen molar-refractivity contribution in [3.8, 4) is 0 Å². The fourth-order valence-electron chi connectivity index (χ4n) is 1.95. The third-order valence-corrected chi connectivity index (χ3v) is 3.20. The van der Waals surface area contributed by atoms with Gasteiger partial charge in [-0.15, -0.1) is 0 Å². The summed E-state index contributed by atoms with van der Waals surface area (Å²) >= 11 is 5.58. The highest BCUT2D eigenvalue weighted by molar-refractivity contribution is 6.30. The van der Waals surface area contributed by atoms with Crippen LogP contribution in [0.4, 0.5) is 8.78 Å². The Morgan fingerprint density at radius 1 is 1.48 bits per heavy atom. The van der Waals surface area contributed by atoms with Crippen molar-refractivity contribution >= 4 is 17.5 Å². The van der Waals surface area contributed by atoms with Crippen LogP contribution in [0.5, 0.6) is 0 Å². The molecular weight excluding hydrogens is 300 g/mol. The van der Waals surface area contributed by atoms with Gasteiger partial charge in [-0.1, -0.05) is 11.6 Å². The first-order valence-electron chi connectivity index (χ1n) is 6.36. The van der Waals surface area contributed by atoms with E-state index in [1.54, 1.807) is 30.1 Å². The van der Waals surface area contributed by atoms with Crippen molar-refractivity contribution in [2.75, 3.05) is 0 Å². The molecule has 0 fully saturated rings. The molecule has 1 heterocycles. The summed E-state index contributed by atoms with van der Waals surface area (Å²) in [5.74, 6) is -2.16. The van der Waals surface area contributed by atoms with E-state index in [9.17, 15) is 13.6 Å². The Hall–Kier alpha value is -1.95. The molecule has 2 aromatic rings. The van der Waals surface area contributed by atoms with Gasteiger partial charge in [-0.25, -0.2) is 8.78 Å². The van der Waals surface area contributed by atoms with E-state index in [4.69, 9.17) is 11.6 Å². The quantitative estimate of drug-likeness (QED) is 0.862. The van der Waals surface area contributed by atoms with Gasteiger partial charge in [0.15, 0.2) is 0 Å². The molecule has 4 nitrogen and oxygen atoms in total. The molecule has 0 saturated heterocycles. The van der Waals surface area contributed by atoms with Crippen molar-refractivity contribution in [3.05, 3.63) is 52.8 Å². The van der Waals surface area contributed by atoms with E-state index in [0.717, 1.165) is 12.1 Å². The van der Waals surface area contributed by atoms with Gasteiger partial charge in [-0.2, -0.15) is 5.10 Å². The maximum Gasteiger partial charge on any atom is 0.224 e. The molecule has 1 atom stereocenters. The maximum atomic E-state index is 13.7. The summed E-state index contributed by atoms with van der Waals surface area (Å²) in [6.07, 6.45) is 2.99. The highest BCUT2D eigenvalue weighted by atomic mass is 35.5. The Kier molecular flexibility index (Phi) is 4.90. The minimum atomic E-state index is -0.897. The number of rotatable bonds is 5. The minimum absolute atomic E-state index is 0.205. The molecule has 0 aliphatic rings. The van der Waals surface area contributed by atoms with Crippen LogP contribution >= 0.6 is 11.6 Å². The molecule has 1 amide bonds. The zero-order valence-corrected chi connectivity index (χ0v) is 12.1. The molecule has 0 saturated carbocycles. The fraction of sp³-hybridized carbons (Fsp3) is 0.286. The van der Waals surface area contributed by atoms with Crippen LogP contribution < -0.4 is 5.32 Å². The summed E-state index contributed by atoms with van der Waals surface area (Å²) in [5, 5.41) is 6.47. The molecule has 21 heavy (non-hydrogen) atoms. The third-order valence-electron chi connectivity index (χ3n) is 2.90. The summed E-state index contributed by atoms with van der Waals surface area (Å²) in [7, 11) is 0. The van der Waals surface area contributed by atoms with E-state index in [1.165, 1.54) is 0 Å². The first kappa shape index (κ1) is 15.4. The van der Waals surface area contributed by atoms with Crippen molar-refractivity contribution in [3.63, 3.8) is 0 Å². The predicted molar refractivity (Wildman–Crippen MR) is 74.9 cm³/mol. The lowest BCUT2D eigenvalue weighted by Crippen LogP contribution is -2.37. The second-order valence-corrected chi connectivity index (χ2v) is 5.10. The molecule has 1 N–H and O–H groups in total. The van der Waals surface area contributed by atoms with Gasteiger partial charge >= 0.3 is 0 Å². The van der Waals surface area contributed by atoms with Gasteiger partial charge in [0.05, 0.1) is 18.0 Å². The number of hydrogen-bond donors (Lipinski definition) is 1. The van der Waals surface area contributed by atoms with Gasteiger partial charge in [0.25, 0.3) is 0 Å². The van der Waals surface area contributed by atoms with E-state index >= 15 is 0 Å². The SMILES string of the molecule is CC(Cn1cccn1)NC(=O)Cc1c(F)ccc(Cl)c1F. The number of carbonyl (C=O) groups is 1. The molecule has 7 heteroatoms. The molecule has 0 spiro atoms. The van der Waals surface area contributed by atoms with Crippen LogP contribution in [0.3, 0.4) is 0 Å². The lowest BCUT2D eigenvalue weighted by molar-refractivity contribution is -0.121. The molecular formula is C14H14ClF2N3O. The number of benzene rings is 1. The number of aromatic nitrogens is 2. The number of carbonyl (C=O) groups excluding carboxylic acids is 1. The second kappa shape index (κ2) is 6.67. The fourth-order valence-corrected chi connectivity index (χ4v) is 2.13. The van der Waals surface area contributed by atoms with Crippen LogP contribution in [0.2, 0.25) is 5.02 Å². The Bertz CT molecular complexity index is 631. The lowest BCUT2D eigenvalue weighted by atomic mass is 10.1. The summed E-state index contributed by atoms with van der Waals surface area (Å²) in [5.41, 5.74) is -0.328. The Labute approximate surface area is 125 Å². The van der Waals surface area contributed by atoms with E-state index in [-0.39, 0.29) is 16.6 Å². The Morgan fingerprint density at radius 2 is 2.24 bits per heavy atom. The molecule has 1 aromatic heterocycles. The Morgan fingerprint density at radius 3 is 2.90 bits per heavy atom. The molecule has 1 aromatic carbocycles. The molecule has 112 valence electrons. The molecule has 0 aliphatic heterocycles. The normalized spacial score (nSPS) is 12.2. The average Bonchev–Trinajstić information content (AvgIpc) is 2.92. The topological polar surface area (TPSA) is 46.9 Å². The van der Waals surface area contributed by atoms with Crippen molar-refractivity contribution in [2.45, 2.75) is 25.9 Å². The summed E-state index contributed by atoms with van der Waals surface area (Å²) < 4.78 is 28.9. The van der Waals surface area contributed by atoms with E-state index in [2.05, 4.69) is 10.4 Å². The summed E-state index contributed by atoms with van der Waals surface area (Å²) in [6, 6.07) is 3.71. The number of nitrogens with one attached hydrogen (secondary N) is 1. The second-order valence-electron chi connectivity index (χ2n) is 4.70. The van der Waals surface area contributed by atoms with Crippen LogP contribution in [0.15, 0.2) is 30.6 Å². The zero-order valence-electron chi connectivity index (χ0n) is 11.3. The van der Waals surface area contributed by atoms with Crippen molar-refractivity contribution in [2.24, 2.45) is 0 Å². The van der Waals surface area contributed by atoms with E-state index in [1.807, 2.05) is 0 Å². The molecule has 0 aliphatic carbocycles. The molecule has 2 rings (SSSR count). The van der Waals surface area contributed by atoms with Gasteiger partial charge in [-0.3, -0.25) is 9.48 Å². The number of hydrogen-bond acceptors (Lipinski definition) is 2. The van der Waals surface area contributed by atoms with Gasteiger partial charge in [-0.05, 0) is 25.1 Å². The van der Waals surface area contributed by atoms with Crippen molar-refractivity contribution < 1.29 is 13.6 Å². The zero-order chi connectivity index (χ0) is 15.4. The van der Waals surface area contributed by atoms with Crippen LogP contribution in [0.25, 0.3) is 0 Å².